The molecule has 0 aliphatic carbocycles. The fraction of sp³-hybridized carbons (Fsp3) is 0.235. The second kappa shape index (κ2) is 8.29. The predicted octanol–water partition coefficient (Wildman–Crippen LogP) is 2.40. The van der Waals surface area contributed by atoms with E-state index in [1.807, 2.05) is 24.3 Å². The summed E-state index contributed by atoms with van der Waals surface area (Å²) in [6.45, 7) is 2.22. The van der Waals surface area contributed by atoms with Crippen LogP contribution >= 0.6 is 11.6 Å². The van der Waals surface area contributed by atoms with Gasteiger partial charge in [-0.3, -0.25) is 14.6 Å². The Bertz CT molecular complexity index is 659. The molecule has 6 heteroatoms. The van der Waals surface area contributed by atoms with Crippen LogP contribution < -0.4 is 5.32 Å². The van der Waals surface area contributed by atoms with Crippen molar-refractivity contribution < 1.29 is 9.59 Å². The van der Waals surface area contributed by atoms with E-state index in [9.17, 15) is 9.59 Å². The van der Waals surface area contributed by atoms with Crippen LogP contribution in [0.5, 0.6) is 0 Å². The van der Waals surface area contributed by atoms with Gasteiger partial charge >= 0.3 is 0 Å². The van der Waals surface area contributed by atoms with Crippen LogP contribution in [-0.4, -0.2) is 28.2 Å². The molecule has 0 bridgehead atoms. The number of carbonyl (C=O) groups excluding carboxylic acids is 2. The Morgan fingerprint density at radius 3 is 2.52 bits per heavy atom. The van der Waals surface area contributed by atoms with E-state index < -0.39 is 0 Å². The first-order valence-electron chi connectivity index (χ1n) is 7.20. The average Bonchev–Trinajstić information content (AvgIpc) is 2.55. The molecule has 2 amide bonds. The number of hydrogen-bond donors (Lipinski definition) is 1. The van der Waals surface area contributed by atoms with E-state index in [1.165, 1.54) is 11.8 Å². The summed E-state index contributed by atoms with van der Waals surface area (Å²) >= 11 is 5.84. The molecule has 23 heavy (non-hydrogen) atoms. The summed E-state index contributed by atoms with van der Waals surface area (Å²) in [6, 6.07) is 10.9. The molecule has 0 spiro atoms. The van der Waals surface area contributed by atoms with E-state index in [-0.39, 0.29) is 18.4 Å². The molecule has 0 atom stereocenters. The molecule has 0 fully saturated rings. The standard InChI is InChI=1S/C17H18ClN3O2/c1-13(22)21(11-14-4-6-16(18)7-5-14)12-17(23)20-10-15-3-2-8-19-9-15/h2-9H,10-12H2,1H3,(H,20,23). The minimum atomic E-state index is -0.210. The van der Waals surface area contributed by atoms with Crippen LogP contribution in [0.2, 0.25) is 5.02 Å². The lowest BCUT2D eigenvalue weighted by Gasteiger charge is -2.20. The van der Waals surface area contributed by atoms with Crippen LogP contribution in [0.4, 0.5) is 0 Å². The Balaban J connectivity index is 1.89. The minimum absolute atomic E-state index is 0.0121. The molecule has 5 nitrogen and oxygen atoms in total. The number of carbonyl (C=O) groups is 2. The van der Waals surface area contributed by atoms with Gasteiger partial charge in [0, 0.05) is 37.4 Å². The van der Waals surface area contributed by atoms with E-state index in [0.29, 0.717) is 18.1 Å². The number of nitrogens with one attached hydrogen (secondary N) is 1. The largest absolute Gasteiger partial charge is 0.350 e. The smallest absolute Gasteiger partial charge is 0.239 e. The third kappa shape index (κ3) is 5.71. The summed E-state index contributed by atoms with van der Waals surface area (Å²) in [4.78, 5) is 29.2. The molecule has 0 saturated carbocycles. The van der Waals surface area contributed by atoms with Gasteiger partial charge in [-0.15, -0.1) is 0 Å². The van der Waals surface area contributed by atoms with Crippen molar-refractivity contribution in [3.63, 3.8) is 0 Å². The zero-order chi connectivity index (χ0) is 16.7. The van der Waals surface area contributed by atoms with E-state index in [0.717, 1.165) is 11.1 Å². The van der Waals surface area contributed by atoms with Crippen LogP contribution in [0.15, 0.2) is 48.8 Å². The van der Waals surface area contributed by atoms with E-state index in [1.54, 1.807) is 24.5 Å². The summed E-state index contributed by atoms with van der Waals surface area (Å²) in [6.07, 6.45) is 3.37. The van der Waals surface area contributed by atoms with Crippen molar-refractivity contribution in [3.8, 4) is 0 Å². The van der Waals surface area contributed by atoms with E-state index in [2.05, 4.69) is 10.3 Å². The summed E-state index contributed by atoms with van der Waals surface area (Å²) in [5.41, 5.74) is 1.83. The first-order chi connectivity index (χ1) is 11.0. The lowest BCUT2D eigenvalue weighted by Crippen LogP contribution is -2.39. The Morgan fingerprint density at radius 2 is 1.91 bits per heavy atom. The molecule has 1 aromatic carbocycles. The SMILES string of the molecule is CC(=O)N(CC(=O)NCc1cccnc1)Cc1ccc(Cl)cc1. The Labute approximate surface area is 140 Å². The maximum atomic E-state index is 12.0. The first kappa shape index (κ1) is 17.0. The monoisotopic (exact) mass is 331 g/mol. The molecule has 1 heterocycles. The number of benzene rings is 1. The Kier molecular flexibility index (Phi) is 6.11. The number of nitrogens with zero attached hydrogens (tertiary/aromatic N) is 2. The third-order valence-corrected chi connectivity index (χ3v) is 3.53. The van der Waals surface area contributed by atoms with Crippen molar-refractivity contribution in [2.75, 3.05) is 6.54 Å². The van der Waals surface area contributed by atoms with Crippen LogP contribution in [-0.2, 0) is 22.7 Å². The fourth-order valence-electron chi connectivity index (χ4n) is 2.02. The van der Waals surface area contributed by atoms with Gasteiger partial charge < -0.3 is 10.2 Å². The third-order valence-electron chi connectivity index (χ3n) is 3.28. The van der Waals surface area contributed by atoms with Gasteiger partial charge in [0.1, 0.15) is 0 Å². The summed E-state index contributed by atoms with van der Waals surface area (Å²) in [7, 11) is 0. The number of aromatic nitrogens is 1. The number of pyridine rings is 1. The van der Waals surface area contributed by atoms with E-state index >= 15 is 0 Å². The maximum Gasteiger partial charge on any atom is 0.239 e. The summed E-state index contributed by atoms with van der Waals surface area (Å²) in [5.74, 6) is -0.366. The lowest BCUT2D eigenvalue weighted by atomic mass is 10.2. The zero-order valence-corrected chi connectivity index (χ0v) is 13.6. The van der Waals surface area contributed by atoms with Crippen LogP contribution in [0, 0.1) is 0 Å². The normalized spacial score (nSPS) is 10.2. The number of halogens is 1. The maximum absolute atomic E-state index is 12.0. The van der Waals surface area contributed by atoms with Gasteiger partial charge in [0.05, 0.1) is 6.54 Å². The quantitative estimate of drug-likeness (QED) is 0.884. The summed E-state index contributed by atoms with van der Waals surface area (Å²) < 4.78 is 0. The van der Waals surface area contributed by atoms with Gasteiger partial charge in [-0.1, -0.05) is 29.8 Å². The molecule has 120 valence electrons. The molecule has 1 N–H and O–H groups in total. The van der Waals surface area contributed by atoms with Crippen molar-refractivity contribution in [2.24, 2.45) is 0 Å². The van der Waals surface area contributed by atoms with Crippen molar-refractivity contribution in [1.29, 1.82) is 0 Å². The van der Waals surface area contributed by atoms with Gasteiger partial charge in [0.15, 0.2) is 0 Å². The topological polar surface area (TPSA) is 62.3 Å². The molecule has 0 saturated heterocycles. The van der Waals surface area contributed by atoms with Crippen molar-refractivity contribution >= 4 is 23.4 Å². The highest BCUT2D eigenvalue weighted by Gasteiger charge is 2.14. The summed E-state index contributed by atoms with van der Waals surface area (Å²) in [5, 5.41) is 3.42. The zero-order valence-electron chi connectivity index (χ0n) is 12.8. The number of hydrogen-bond acceptors (Lipinski definition) is 3. The lowest BCUT2D eigenvalue weighted by molar-refractivity contribution is -0.135. The molecule has 2 rings (SSSR count). The second-order valence-corrected chi connectivity index (χ2v) is 5.58. The highest BCUT2D eigenvalue weighted by molar-refractivity contribution is 6.30. The number of rotatable bonds is 6. The molecule has 0 unspecified atom stereocenters. The van der Waals surface area contributed by atoms with Gasteiger partial charge in [-0.25, -0.2) is 0 Å². The Hall–Kier alpha value is -2.40. The predicted molar refractivity (Wildman–Crippen MR) is 88.6 cm³/mol. The highest BCUT2D eigenvalue weighted by atomic mass is 35.5. The van der Waals surface area contributed by atoms with Gasteiger partial charge in [-0.2, -0.15) is 0 Å². The fourth-order valence-corrected chi connectivity index (χ4v) is 2.15. The first-order valence-corrected chi connectivity index (χ1v) is 7.58. The van der Waals surface area contributed by atoms with Gasteiger partial charge in [-0.05, 0) is 29.3 Å². The van der Waals surface area contributed by atoms with Crippen molar-refractivity contribution in [1.82, 2.24) is 15.2 Å². The molecular formula is C17H18ClN3O2. The molecule has 1 aromatic heterocycles. The molecule has 2 aromatic rings. The molecule has 0 radical (unpaired) electrons. The molecular weight excluding hydrogens is 314 g/mol. The molecule has 0 aliphatic rings. The van der Waals surface area contributed by atoms with Crippen molar-refractivity contribution in [2.45, 2.75) is 20.0 Å². The Morgan fingerprint density at radius 1 is 1.17 bits per heavy atom. The highest BCUT2D eigenvalue weighted by Crippen LogP contribution is 2.11. The average molecular weight is 332 g/mol. The van der Waals surface area contributed by atoms with Crippen LogP contribution in [0.25, 0.3) is 0 Å². The van der Waals surface area contributed by atoms with Gasteiger partial charge in [0.2, 0.25) is 11.8 Å². The van der Waals surface area contributed by atoms with Gasteiger partial charge in [0.25, 0.3) is 0 Å². The van der Waals surface area contributed by atoms with E-state index in [4.69, 9.17) is 11.6 Å². The van der Waals surface area contributed by atoms with Crippen LogP contribution in [0.1, 0.15) is 18.1 Å². The van der Waals surface area contributed by atoms with Crippen molar-refractivity contribution in [3.05, 3.63) is 64.9 Å². The minimum Gasteiger partial charge on any atom is -0.350 e. The number of amides is 2. The molecule has 0 aliphatic heterocycles. The van der Waals surface area contributed by atoms with Crippen LogP contribution in [0.3, 0.4) is 0 Å². The second-order valence-electron chi connectivity index (χ2n) is 5.14.